The van der Waals surface area contributed by atoms with Crippen molar-refractivity contribution in [1.82, 2.24) is 10.6 Å². The minimum atomic E-state index is -0.686. The smallest absolute Gasteiger partial charge is 0.251 e. The second-order valence-electron chi connectivity index (χ2n) is 7.87. The molecule has 0 bridgehead atoms. The molecule has 2 aromatic rings. The molecule has 1 heterocycles. The number of halogens is 2. The molecule has 2 aromatic carbocycles. The molecule has 31 heavy (non-hydrogen) atoms. The number of ether oxygens (including phenoxy) is 2. The van der Waals surface area contributed by atoms with Crippen LogP contribution in [0.5, 0.6) is 5.75 Å². The number of fused-ring (bicyclic) bond motifs is 1. The maximum Gasteiger partial charge on any atom is 0.251 e. The van der Waals surface area contributed by atoms with Crippen LogP contribution in [-0.2, 0) is 22.6 Å². The Morgan fingerprint density at radius 1 is 1.19 bits per heavy atom. The summed E-state index contributed by atoms with van der Waals surface area (Å²) in [6.07, 6.45) is 0.881. The fourth-order valence-corrected chi connectivity index (χ4v) is 3.56. The van der Waals surface area contributed by atoms with Crippen molar-refractivity contribution in [3.05, 3.63) is 63.9 Å². The molecule has 1 aliphatic rings. The van der Waals surface area contributed by atoms with Gasteiger partial charge in [-0.2, -0.15) is 0 Å². The van der Waals surface area contributed by atoms with Crippen LogP contribution >= 0.6 is 11.6 Å². The molecule has 2 amide bonds. The van der Waals surface area contributed by atoms with Crippen LogP contribution in [0.4, 0.5) is 4.39 Å². The standard InChI is InChI=1S/C23H26ClFN2O4/c1-14(2)9-20(27-22(28)15-3-5-18(24)6-4-15)23(29)26-8-7-16-10-19(25)11-17-12-30-13-31-21(16)17/h3-6,10-11,14,20H,7-9,12-13H2,1-2H3,(H,26,29)(H,27,28). The second kappa shape index (κ2) is 10.6. The van der Waals surface area contributed by atoms with E-state index in [1.165, 1.54) is 12.1 Å². The van der Waals surface area contributed by atoms with Gasteiger partial charge < -0.3 is 20.1 Å². The number of hydrogen-bond donors (Lipinski definition) is 2. The predicted octanol–water partition coefficient (Wildman–Crippen LogP) is 3.85. The van der Waals surface area contributed by atoms with Crippen molar-refractivity contribution in [2.45, 2.75) is 39.3 Å². The molecule has 1 atom stereocenters. The van der Waals surface area contributed by atoms with Gasteiger partial charge in [-0.3, -0.25) is 9.59 Å². The molecule has 0 saturated heterocycles. The molecular formula is C23H26ClFN2O4. The summed E-state index contributed by atoms with van der Waals surface area (Å²) in [5.74, 6) is -0.195. The van der Waals surface area contributed by atoms with E-state index in [0.717, 1.165) is 0 Å². The zero-order valence-electron chi connectivity index (χ0n) is 17.5. The third-order valence-corrected chi connectivity index (χ3v) is 5.13. The van der Waals surface area contributed by atoms with Crippen molar-refractivity contribution in [3.63, 3.8) is 0 Å². The highest BCUT2D eigenvalue weighted by Crippen LogP contribution is 2.29. The first-order valence-corrected chi connectivity index (χ1v) is 10.6. The van der Waals surface area contributed by atoms with Gasteiger partial charge in [0.1, 0.15) is 17.6 Å². The molecule has 3 rings (SSSR count). The van der Waals surface area contributed by atoms with E-state index in [1.807, 2.05) is 13.8 Å². The molecule has 0 saturated carbocycles. The van der Waals surface area contributed by atoms with Gasteiger partial charge in [-0.15, -0.1) is 0 Å². The van der Waals surface area contributed by atoms with E-state index in [1.54, 1.807) is 24.3 Å². The van der Waals surface area contributed by atoms with E-state index < -0.39 is 6.04 Å². The molecule has 166 valence electrons. The van der Waals surface area contributed by atoms with Gasteiger partial charge in [-0.05, 0) is 60.7 Å². The third-order valence-electron chi connectivity index (χ3n) is 4.88. The van der Waals surface area contributed by atoms with E-state index >= 15 is 0 Å². The molecule has 1 unspecified atom stereocenters. The quantitative estimate of drug-likeness (QED) is 0.643. The lowest BCUT2D eigenvalue weighted by Crippen LogP contribution is -2.47. The molecule has 1 aliphatic heterocycles. The van der Waals surface area contributed by atoms with Crippen LogP contribution in [0.3, 0.4) is 0 Å². The first-order valence-electron chi connectivity index (χ1n) is 10.2. The summed E-state index contributed by atoms with van der Waals surface area (Å²) in [5.41, 5.74) is 1.75. The number of nitrogens with one attached hydrogen (secondary N) is 2. The second-order valence-corrected chi connectivity index (χ2v) is 8.30. The van der Waals surface area contributed by atoms with Gasteiger partial charge in [0.05, 0.1) is 6.61 Å². The van der Waals surface area contributed by atoms with Crippen LogP contribution in [-0.4, -0.2) is 31.2 Å². The van der Waals surface area contributed by atoms with E-state index in [2.05, 4.69) is 10.6 Å². The molecule has 0 spiro atoms. The van der Waals surface area contributed by atoms with Crippen LogP contribution in [0.1, 0.15) is 41.8 Å². The topological polar surface area (TPSA) is 76.7 Å². The highest BCUT2D eigenvalue weighted by atomic mass is 35.5. The lowest BCUT2D eigenvalue weighted by molar-refractivity contribution is -0.123. The molecule has 0 radical (unpaired) electrons. The van der Waals surface area contributed by atoms with Crippen LogP contribution in [0.25, 0.3) is 0 Å². The number of hydrogen-bond acceptors (Lipinski definition) is 4. The number of amides is 2. The van der Waals surface area contributed by atoms with Crippen molar-refractivity contribution in [2.24, 2.45) is 5.92 Å². The average molecular weight is 449 g/mol. The molecule has 8 heteroatoms. The molecule has 0 fully saturated rings. The van der Waals surface area contributed by atoms with Crippen molar-refractivity contribution in [1.29, 1.82) is 0 Å². The zero-order valence-corrected chi connectivity index (χ0v) is 18.3. The first-order chi connectivity index (χ1) is 14.8. The zero-order chi connectivity index (χ0) is 22.4. The molecule has 0 aromatic heterocycles. The average Bonchev–Trinajstić information content (AvgIpc) is 2.73. The summed E-state index contributed by atoms with van der Waals surface area (Å²) < 4.78 is 24.6. The summed E-state index contributed by atoms with van der Waals surface area (Å²) in [6.45, 7) is 4.65. The molecular weight excluding hydrogens is 423 g/mol. The maximum atomic E-state index is 13.9. The Morgan fingerprint density at radius 2 is 1.94 bits per heavy atom. The number of benzene rings is 2. The maximum absolute atomic E-state index is 13.9. The van der Waals surface area contributed by atoms with Crippen molar-refractivity contribution < 1.29 is 23.5 Å². The molecule has 2 N–H and O–H groups in total. The Hall–Kier alpha value is -2.64. The monoisotopic (exact) mass is 448 g/mol. The lowest BCUT2D eigenvalue weighted by atomic mass is 10.0. The fraction of sp³-hybridized carbons (Fsp3) is 0.391. The van der Waals surface area contributed by atoms with Gasteiger partial charge in [-0.25, -0.2) is 4.39 Å². The summed E-state index contributed by atoms with van der Waals surface area (Å²) in [7, 11) is 0. The summed E-state index contributed by atoms with van der Waals surface area (Å²) in [5, 5.41) is 6.17. The third kappa shape index (κ3) is 6.42. The molecule has 6 nitrogen and oxygen atoms in total. The predicted molar refractivity (Wildman–Crippen MR) is 116 cm³/mol. The van der Waals surface area contributed by atoms with Gasteiger partial charge in [0.15, 0.2) is 6.79 Å². The van der Waals surface area contributed by atoms with Gasteiger partial charge in [0, 0.05) is 22.7 Å². The van der Waals surface area contributed by atoms with Crippen LogP contribution in [0.15, 0.2) is 36.4 Å². The fourth-order valence-electron chi connectivity index (χ4n) is 3.43. The van der Waals surface area contributed by atoms with Crippen molar-refractivity contribution >= 4 is 23.4 Å². The van der Waals surface area contributed by atoms with Crippen LogP contribution in [0, 0.1) is 11.7 Å². The Morgan fingerprint density at radius 3 is 2.65 bits per heavy atom. The van der Waals surface area contributed by atoms with Crippen molar-refractivity contribution in [3.8, 4) is 5.75 Å². The normalized spacial score (nSPS) is 13.8. The van der Waals surface area contributed by atoms with Gasteiger partial charge in [-0.1, -0.05) is 25.4 Å². The van der Waals surface area contributed by atoms with Crippen LogP contribution < -0.4 is 15.4 Å². The summed E-state index contributed by atoms with van der Waals surface area (Å²) in [4.78, 5) is 25.3. The highest BCUT2D eigenvalue weighted by molar-refractivity contribution is 6.30. The number of carbonyl (C=O) groups excluding carboxylic acids is 2. The van der Waals surface area contributed by atoms with E-state index in [9.17, 15) is 14.0 Å². The van der Waals surface area contributed by atoms with E-state index in [4.69, 9.17) is 21.1 Å². The Labute approximate surface area is 186 Å². The lowest BCUT2D eigenvalue weighted by Gasteiger charge is -2.22. The first kappa shape index (κ1) is 23.0. The van der Waals surface area contributed by atoms with Crippen LogP contribution in [0.2, 0.25) is 5.02 Å². The minimum absolute atomic E-state index is 0.116. The minimum Gasteiger partial charge on any atom is -0.467 e. The van der Waals surface area contributed by atoms with Gasteiger partial charge in [0.25, 0.3) is 5.91 Å². The van der Waals surface area contributed by atoms with Gasteiger partial charge >= 0.3 is 0 Å². The Kier molecular flexibility index (Phi) is 7.87. The SMILES string of the molecule is CC(C)CC(NC(=O)c1ccc(Cl)cc1)C(=O)NCCc1cc(F)cc2c1OCOC2. The Balaban J connectivity index is 1.61. The van der Waals surface area contributed by atoms with E-state index in [-0.39, 0.29) is 36.9 Å². The van der Waals surface area contributed by atoms with Crippen molar-refractivity contribution in [2.75, 3.05) is 13.3 Å². The van der Waals surface area contributed by atoms with Gasteiger partial charge in [0.2, 0.25) is 5.91 Å². The van der Waals surface area contributed by atoms with E-state index in [0.29, 0.717) is 46.9 Å². The molecule has 0 aliphatic carbocycles. The summed E-state index contributed by atoms with van der Waals surface area (Å²) in [6, 6.07) is 8.58. The highest BCUT2D eigenvalue weighted by Gasteiger charge is 2.23. The Bertz CT molecular complexity index is 934. The largest absolute Gasteiger partial charge is 0.467 e. The number of carbonyl (C=O) groups is 2. The number of rotatable bonds is 8. The summed E-state index contributed by atoms with van der Waals surface area (Å²) >= 11 is 5.87.